The highest BCUT2D eigenvalue weighted by atomic mass is 32.2. The number of hydrogen-bond donors (Lipinski definition) is 0. The number of carbonyl (C=O) groups excluding carboxylic acids is 7. The Hall–Kier alpha value is -10.7. The minimum absolute atomic E-state index is 0.0383. The number of thioether (sulfide) groups is 1. The van der Waals surface area contributed by atoms with Gasteiger partial charge in [-0.05, 0) is 107 Å². The van der Waals surface area contributed by atoms with Crippen molar-refractivity contribution < 1.29 is 85.7 Å². The Balaban J connectivity index is 0.939. The Labute approximate surface area is 544 Å². The third-order valence-corrected chi connectivity index (χ3v) is 17.0. The minimum Gasteiger partial charge on any atom is -0.452 e. The number of rotatable bonds is 21. The molecule has 9 aromatic carbocycles. The van der Waals surface area contributed by atoms with Crippen LogP contribution in [0.1, 0.15) is 79.2 Å². The van der Waals surface area contributed by atoms with Crippen molar-refractivity contribution in [2.24, 2.45) is 0 Å². The van der Waals surface area contributed by atoms with Gasteiger partial charge in [0, 0.05) is 10.8 Å². The molecule has 3 aliphatic rings. The van der Waals surface area contributed by atoms with Gasteiger partial charge in [0.15, 0.2) is 42.9 Å². The molecule has 9 aromatic rings. The second-order valence-corrected chi connectivity index (χ2v) is 23.0. The lowest BCUT2D eigenvalue weighted by Crippen LogP contribution is -2.64. The van der Waals surface area contributed by atoms with E-state index in [4.69, 9.17) is 52.1 Å². The molecule has 0 saturated carbocycles. The lowest BCUT2D eigenvalue weighted by atomic mass is 9.97. The maximum absolute atomic E-state index is 14.6. The zero-order chi connectivity index (χ0) is 64.8. The summed E-state index contributed by atoms with van der Waals surface area (Å²) in [6.45, 7) is -1.61. The number of carbonyl (C=O) groups is 7. The molecule has 2 aliphatic heterocycles. The highest BCUT2D eigenvalue weighted by Crippen LogP contribution is 2.45. The summed E-state index contributed by atoms with van der Waals surface area (Å²) >= 11 is 1.10. The molecule has 2 fully saturated rings. The van der Waals surface area contributed by atoms with Gasteiger partial charge < -0.3 is 52.1 Å². The van der Waals surface area contributed by atoms with Crippen LogP contribution in [0.15, 0.2) is 266 Å². The van der Waals surface area contributed by atoms with Crippen molar-refractivity contribution in [3.05, 3.63) is 305 Å². The highest BCUT2D eigenvalue weighted by Gasteiger charge is 2.57. The monoisotopic (exact) mass is 1280 g/mol. The first kappa shape index (κ1) is 63.4. The van der Waals surface area contributed by atoms with E-state index in [1.807, 2.05) is 48.5 Å². The molecule has 0 spiro atoms. The molecule has 2 saturated heterocycles. The van der Waals surface area contributed by atoms with Gasteiger partial charge in [0.05, 0.1) is 40.0 Å². The predicted octanol–water partition coefficient (Wildman–Crippen LogP) is 12.6. The van der Waals surface area contributed by atoms with E-state index in [0.29, 0.717) is 4.90 Å². The summed E-state index contributed by atoms with van der Waals surface area (Å²) in [4.78, 5) is 102. The van der Waals surface area contributed by atoms with Gasteiger partial charge in [0.1, 0.15) is 30.9 Å². The number of esters is 6. The van der Waals surface area contributed by atoms with Crippen molar-refractivity contribution in [1.82, 2.24) is 0 Å². The lowest BCUT2D eigenvalue weighted by Gasteiger charge is -2.46. The summed E-state index contributed by atoms with van der Waals surface area (Å²) in [5.41, 5.74) is 3.02. The van der Waals surface area contributed by atoms with E-state index in [1.165, 1.54) is 60.7 Å². The summed E-state index contributed by atoms with van der Waals surface area (Å²) in [6.07, 6.45) is -16.7. The highest BCUT2D eigenvalue weighted by molar-refractivity contribution is 7.99. The molecule has 12 rings (SSSR count). The van der Waals surface area contributed by atoms with Gasteiger partial charge in [-0.3, -0.25) is 0 Å². The summed E-state index contributed by atoms with van der Waals surface area (Å²) in [5, 5.41) is 0. The fourth-order valence-electron chi connectivity index (χ4n) is 11.3. The molecule has 1 aliphatic carbocycles. The number of fused-ring (bicyclic) bond motifs is 3. The van der Waals surface area contributed by atoms with Gasteiger partial charge in [0.2, 0.25) is 0 Å². The van der Waals surface area contributed by atoms with Crippen LogP contribution in [0.2, 0.25) is 0 Å². The third kappa shape index (κ3) is 15.1. The quantitative estimate of drug-likeness (QED) is 0.0482. The van der Waals surface area contributed by atoms with E-state index in [-0.39, 0.29) is 45.9 Å². The summed E-state index contributed by atoms with van der Waals surface area (Å²) in [6, 6.07) is 72.1. The normalized spacial score (nSPS) is 21.1. The Bertz CT molecular complexity index is 4030. The Morgan fingerprint density at radius 3 is 1.02 bits per heavy atom. The van der Waals surface area contributed by atoms with Gasteiger partial charge in [-0.1, -0.05) is 188 Å². The van der Waals surface area contributed by atoms with Crippen molar-refractivity contribution in [2.75, 3.05) is 19.8 Å². The van der Waals surface area contributed by atoms with E-state index in [2.05, 4.69) is 0 Å². The van der Waals surface area contributed by atoms with E-state index in [0.717, 1.165) is 34.0 Å². The van der Waals surface area contributed by atoms with Gasteiger partial charge in [0.25, 0.3) is 0 Å². The van der Waals surface area contributed by atoms with Crippen LogP contribution in [0.5, 0.6) is 0 Å². The van der Waals surface area contributed by atoms with E-state index < -0.39 is 116 Å². The van der Waals surface area contributed by atoms with E-state index >= 15 is 0 Å². The van der Waals surface area contributed by atoms with Crippen LogP contribution in [0.25, 0.3) is 11.1 Å². The zero-order valence-corrected chi connectivity index (χ0v) is 50.9. The number of hydrogen-bond acceptors (Lipinski definition) is 19. The van der Waals surface area contributed by atoms with Crippen LogP contribution < -0.4 is 0 Å². The summed E-state index contributed by atoms with van der Waals surface area (Å²) in [5.74, 6) is -5.86. The second kappa shape index (κ2) is 30.2. The van der Waals surface area contributed by atoms with Gasteiger partial charge in [-0.25, -0.2) is 33.6 Å². The first-order chi connectivity index (χ1) is 46.0. The van der Waals surface area contributed by atoms with Crippen LogP contribution in [0.3, 0.4) is 0 Å². The maximum atomic E-state index is 14.6. The van der Waals surface area contributed by atoms with Crippen molar-refractivity contribution in [3.8, 4) is 11.1 Å². The van der Waals surface area contributed by atoms with Crippen LogP contribution >= 0.6 is 11.8 Å². The molecule has 18 nitrogen and oxygen atoms in total. The number of ether oxygens (including phenoxy) is 11. The lowest BCUT2D eigenvalue weighted by molar-refractivity contribution is -0.309. The molecular weight excluding hydrogens is 1220 g/mol. The van der Waals surface area contributed by atoms with Gasteiger partial charge in [-0.2, -0.15) is 0 Å². The molecule has 10 atom stereocenters. The van der Waals surface area contributed by atoms with Crippen LogP contribution in [-0.4, -0.2) is 122 Å². The number of benzene rings is 9. The fraction of sp³-hybridized carbons (Fsp3) is 0.187. The van der Waals surface area contributed by atoms with Crippen molar-refractivity contribution >= 4 is 53.7 Å². The molecule has 0 bridgehead atoms. The average molecular weight is 1280 g/mol. The smallest absolute Gasteiger partial charge is 0.452 e. The van der Waals surface area contributed by atoms with Crippen LogP contribution in [0, 0.1) is 0 Å². The maximum Gasteiger partial charge on any atom is 0.508 e. The Morgan fingerprint density at radius 1 is 0.309 bits per heavy atom. The third-order valence-electron chi connectivity index (χ3n) is 15.8. The van der Waals surface area contributed by atoms with Gasteiger partial charge >= 0.3 is 42.0 Å². The van der Waals surface area contributed by atoms with Crippen LogP contribution in [0.4, 0.5) is 4.79 Å². The van der Waals surface area contributed by atoms with Gasteiger partial charge in [-0.15, -0.1) is 0 Å². The minimum atomic E-state index is -1.91. The van der Waals surface area contributed by atoms with Crippen molar-refractivity contribution in [2.45, 2.75) is 71.4 Å². The molecule has 2 heterocycles. The first-order valence-electron chi connectivity index (χ1n) is 30.2. The Morgan fingerprint density at radius 2 is 0.617 bits per heavy atom. The average Bonchev–Trinajstić information content (AvgIpc) is 1.34. The topological polar surface area (TPSA) is 221 Å². The zero-order valence-electron chi connectivity index (χ0n) is 50.1. The standard InChI is InChI=1S/C75H60O18S/c76-67(47-26-8-1-9-27-47)88-61-59(46-85-75(82)84-44-58-56-42-24-22-40-54(56)55-41-23-25-43-57(55)58)86-73(65(92-71(80)51-34-16-5-17-35-51)63(61)90-69(78)49-30-12-3-13-31-49)83-45-60-62(89-68(77)48-28-10-2-11-29-48)64(91-70(79)50-32-14-4-15-33-50)66(93-72(81)52-36-18-6-19-37-52)74(87-60)94-53-38-20-7-21-39-53/h1-43,58-66,73-74H,44-46H2/t59-,60-,61-,62-,63+,64+,65-,66-,73-,74+/m1/s1. The van der Waals surface area contributed by atoms with Crippen molar-refractivity contribution in [3.63, 3.8) is 0 Å². The SMILES string of the molecule is O=C(OCC1c2ccccc2-c2ccccc21)OC[C@H]1O[C@@H](OC[C@H]2O[C@@H](Sc3ccccc3)[C@H](OC(=O)c3ccccc3)[C@@H](OC(=O)c3ccccc3)[C@@H]2OC(=O)c2ccccc2)[C@H](OC(=O)c2ccccc2)[C@@H](OC(=O)c2ccccc2)[C@@H]1OC(=O)c1ccccc1. The molecule has 19 heteroatoms. The largest absolute Gasteiger partial charge is 0.508 e. The van der Waals surface area contributed by atoms with Crippen LogP contribution in [-0.2, 0) is 52.1 Å². The Kier molecular flexibility index (Phi) is 20.4. The van der Waals surface area contributed by atoms with E-state index in [9.17, 15) is 33.6 Å². The first-order valence-corrected chi connectivity index (χ1v) is 31.1. The molecule has 474 valence electrons. The van der Waals surface area contributed by atoms with E-state index in [1.54, 1.807) is 152 Å². The molecule has 94 heavy (non-hydrogen) atoms. The summed E-state index contributed by atoms with van der Waals surface area (Å²) in [7, 11) is 0. The van der Waals surface area contributed by atoms with Crippen molar-refractivity contribution in [1.29, 1.82) is 0 Å². The summed E-state index contributed by atoms with van der Waals surface area (Å²) < 4.78 is 70.5. The molecule has 0 amide bonds. The molecule has 0 aromatic heterocycles. The predicted molar refractivity (Wildman–Crippen MR) is 340 cm³/mol. The fourth-order valence-corrected chi connectivity index (χ4v) is 12.4. The molecule has 0 radical (unpaired) electrons. The second-order valence-electron chi connectivity index (χ2n) is 21.9. The molecule has 0 N–H and O–H groups in total. The molecule has 0 unspecified atom stereocenters. The molecular formula is C75H60O18S.